The molecular weight excluding hydrogens is 364 g/mol. The highest BCUT2D eigenvalue weighted by atomic mass is 16.6. The first-order valence-corrected chi connectivity index (χ1v) is 9.36. The summed E-state index contributed by atoms with van der Waals surface area (Å²) in [6.07, 6.45) is 0. The van der Waals surface area contributed by atoms with Crippen LogP contribution in [0.3, 0.4) is 0 Å². The molecule has 28 heavy (non-hydrogen) atoms. The molecule has 1 aromatic rings. The summed E-state index contributed by atoms with van der Waals surface area (Å²) in [7, 11) is 0. The molecule has 0 atom stereocenters. The van der Waals surface area contributed by atoms with Gasteiger partial charge in [-0.15, -0.1) is 0 Å². The van der Waals surface area contributed by atoms with Crippen LogP contribution in [0.1, 0.15) is 13.8 Å². The minimum Gasteiger partial charge on any atom is -0.486 e. The van der Waals surface area contributed by atoms with Crippen molar-refractivity contribution in [2.75, 3.05) is 50.8 Å². The van der Waals surface area contributed by atoms with Gasteiger partial charge in [0.2, 0.25) is 11.8 Å². The molecule has 3 amide bonds. The zero-order valence-corrected chi connectivity index (χ0v) is 16.1. The molecule has 0 aromatic heterocycles. The predicted octanol–water partition coefficient (Wildman–Crippen LogP) is 1.02. The molecule has 150 valence electrons. The van der Waals surface area contributed by atoms with Crippen LogP contribution in [-0.4, -0.2) is 74.3 Å². The van der Waals surface area contributed by atoms with Gasteiger partial charge in [-0.2, -0.15) is 0 Å². The van der Waals surface area contributed by atoms with Gasteiger partial charge in [0, 0.05) is 24.8 Å². The molecule has 3 aliphatic rings. The number of carbonyl (C=O) groups is 2. The lowest BCUT2D eigenvalue weighted by Crippen LogP contribution is -2.41. The highest BCUT2D eigenvalue weighted by Crippen LogP contribution is 2.34. The fourth-order valence-corrected chi connectivity index (χ4v) is 3.33. The summed E-state index contributed by atoms with van der Waals surface area (Å²) in [5.74, 6) is 1.59. The highest BCUT2D eigenvalue weighted by Gasteiger charge is 2.32. The van der Waals surface area contributed by atoms with Crippen molar-refractivity contribution >= 4 is 23.5 Å². The SMILES string of the molecule is CC1(C)CN=C(CNC(=O)CN2CCN(c3ccc4c(c3)OCCO4)C2=O)O1. The number of ether oxygens (including phenoxy) is 3. The Morgan fingerprint density at radius 3 is 2.75 bits per heavy atom. The molecule has 0 spiro atoms. The molecule has 3 heterocycles. The number of carbonyl (C=O) groups excluding carboxylic acids is 2. The minimum absolute atomic E-state index is 0.00341. The monoisotopic (exact) mass is 388 g/mol. The quantitative estimate of drug-likeness (QED) is 0.813. The van der Waals surface area contributed by atoms with Gasteiger partial charge in [-0.3, -0.25) is 9.69 Å². The van der Waals surface area contributed by atoms with Gasteiger partial charge in [0.05, 0.1) is 13.1 Å². The largest absolute Gasteiger partial charge is 0.486 e. The maximum atomic E-state index is 12.7. The number of nitrogens with one attached hydrogen (secondary N) is 1. The first-order valence-electron chi connectivity index (χ1n) is 9.36. The Morgan fingerprint density at radius 2 is 2.00 bits per heavy atom. The number of fused-ring (bicyclic) bond motifs is 1. The first-order chi connectivity index (χ1) is 13.4. The van der Waals surface area contributed by atoms with Gasteiger partial charge in [-0.1, -0.05) is 0 Å². The van der Waals surface area contributed by atoms with E-state index in [1.807, 2.05) is 19.9 Å². The van der Waals surface area contributed by atoms with Crippen molar-refractivity contribution in [1.82, 2.24) is 10.2 Å². The number of aliphatic imine (C=N–C) groups is 1. The highest BCUT2D eigenvalue weighted by molar-refractivity contribution is 5.97. The summed E-state index contributed by atoms with van der Waals surface area (Å²) in [6.45, 7) is 6.69. The van der Waals surface area contributed by atoms with Crippen LogP contribution in [0.4, 0.5) is 10.5 Å². The Balaban J connectivity index is 1.31. The van der Waals surface area contributed by atoms with Crippen LogP contribution in [0.15, 0.2) is 23.2 Å². The van der Waals surface area contributed by atoms with Crippen LogP contribution < -0.4 is 19.7 Å². The molecule has 9 heteroatoms. The van der Waals surface area contributed by atoms with Crippen LogP contribution in [0.2, 0.25) is 0 Å². The molecule has 0 aliphatic carbocycles. The van der Waals surface area contributed by atoms with Crippen molar-refractivity contribution in [3.05, 3.63) is 18.2 Å². The second-order valence-electron chi connectivity index (χ2n) is 7.53. The zero-order valence-electron chi connectivity index (χ0n) is 16.1. The lowest BCUT2D eigenvalue weighted by molar-refractivity contribution is -0.121. The third-order valence-corrected chi connectivity index (χ3v) is 4.73. The smallest absolute Gasteiger partial charge is 0.325 e. The maximum absolute atomic E-state index is 12.7. The van der Waals surface area contributed by atoms with E-state index in [1.165, 1.54) is 4.90 Å². The number of hydrogen-bond acceptors (Lipinski definition) is 6. The van der Waals surface area contributed by atoms with Crippen molar-refractivity contribution in [3.63, 3.8) is 0 Å². The average Bonchev–Trinajstić information content (AvgIpc) is 3.21. The zero-order chi connectivity index (χ0) is 19.7. The van der Waals surface area contributed by atoms with E-state index >= 15 is 0 Å². The molecular formula is C19H24N4O5. The third-order valence-electron chi connectivity index (χ3n) is 4.73. The van der Waals surface area contributed by atoms with E-state index in [-0.39, 0.29) is 30.6 Å². The average molecular weight is 388 g/mol. The van der Waals surface area contributed by atoms with Gasteiger partial charge in [0.15, 0.2) is 11.5 Å². The number of rotatable bonds is 5. The van der Waals surface area contributed by atoms with Crippen LogP contribution in [-0.2, 0) is 9.53 Å². The molecule has 9 nitrogen and oxygen atoms in total. The number of nitrogens with zero attached hydrogens (tertiary/aromatic N) is 3. The van der Waals surface area contributed by atoms with Crippen molar-refractivity contribution in [2.24, 2.45) is 4.99 Å². The minimum atomic E-state index is -0.324. The normalized spacial score (nSPS) is 20.1. The number of amides is 3. The van der Waals surface area contributed by atoms with Gasteiger partial charge in [-0.25, -0.2) is 9.79 Å². The second kappa shape index (κ2) is 7.21. The van der Waals surface area contributed by atoms with Gasteiger partial charge in [0.1, 0.15) is 25.4 Å². The van der Waals surface area contributed by atoms with Crippen molar-refractivity contribution in [1.29, 1.82) is 0 Å². The molecule has 1 saturated heterocycles. The molecule has 0 unspecified atom stereocenters. The molecule has 1 fully saturated rings. The number of hydrogen-bond donors (Lipinski definition) is 1. The van der Waals surface area contributed by atoms with Crippen LogP contribution in [0, 0.1) is 0 Å². The van der Waals surface area contributed by atoms with E-state index in [9.17, 15) is 9.59 Å². The summed E-state index contributed by atoms with van der Waals surface area (Å²) in [6, 6.07) is 5.22. The second-order valence-corrected chi connectivity index (χ2v) is 7.53. The molecule has 0 saturated carbocycles. The van der Waals surface area contributed by atoms with Gasteiger partial charge < -0.3 is 24.4 Å². The molecule has 3 aliphatic heterocycles. The number of urea groups is 1. The summed E-state index contributed by atoms with van der Waals surface area (Å²) < 4.78 is 16.7. The van der Waals surface area contributed by atoms with E-state index in [2.05, 4.69) is 10.3 Å². The summed E-state index contributed by atoms with van der Waals surface area (Å²) in [4.78, 5) is 32.4. The third kappa shape index (κ3) is 3.83. The Morgan fingerprint density at radius 1 is 1.21 bits per heavy atom. The van der Waals surface area contributed by atoms with Crippen molar-refractivity contribution in [2.45, 2.75) is 19.4 Å². The van der Waals surface area contributed by atoms with E-state index in [1.54, 1.807) is 17.0 Å². The predicted molar refractivity (Wildman–Crippen MR) is 102 cm³/mol. The molecule has 1 N–H and O–H groups in total. The maximum Gasteiger partial charge on any atom is 0.325 e. The van der Waals surface area contributed by atoms with Crippen molar-refractivity contribution in [3.8, 4) is 11.5 Å². The van der Waals surface area contributed by atoms with Gasteiger partial charge in [0.25, 0.3) is 0 Å². The van der Waals surface area contributed by atoms with E-state index < -0.39 is 0 Å². The van der Waals surface area contributed by atoms with E-state index in [0.29, 0.717) is 50.2 Å². The lowest BCUT2D eigenvalue weighted by atomic mass is 10.1. The van der Waals surface area contributed by atoms with Gasteiger partial charge in [-0.05, 0) is 26.0 Å². The molecule has 0 bridgehead atoms. The Labute approximate surface area is 163 Å². The summed E-state index contributed by atoms with van der Waals surface area (Å²) in [5, 5.41) is 2.76. The Kier molecular flexibility index (Phi) is 4.74. The Bertz CT molecular complexity index is 823. The molecule has 1 aromatic carbocycles. The van der Waals surface area contributed by atoms with Crippen LogP contribution >= 0.6 is 0 Å². The van der Waals surface area contributed by atoms with Crippen LogP contribution in [0.5, 0.6) is 11.5 Å². The number of anilines is 1. The lowest BCUT2D eigenvalue weighted by Gasteiger charge is -2.22. The van der Waals surface area contributed by atoms with E-state index in [4.69, 9.17) is 14.2 Å². The van der Waals surface area contributed by atoms with Crippen molar-refractivity contribution < 1.29 is 23.8 Å². The fraction of sp³-hybridized carbons (Fsp3) is 0.526. The van der Waals surface area contributed by atoms with E-state index in [0.717, 1.165) is 5.69 Å². The molecule has 4 rings (SSSR count). The number of benzene rings is 1. The fourth-order valence-electron chi connectivity index (χ4n) is 3.33. The van der Waals surface area contributed by atoms with Crippen LogP contribution in [0.25, 0.3) is 0 Å². The topological polar surface area (TPSA) is 92.7 Å². The molecule has 0 radical (unpaired) electrons. The first kappa shape index (κ1) is 18.4. The van der Waals surface area contributed by atoms with Gasteiger partial charge >= 0.3 is 6.03 Å². The summed E-state index contributed by atoms with van der Waals surface area (Å²) in [5.41, 5.74) is 0.405. The Hall–Kier alpha value is -2.97. The summed E-state index contributed by atoms with van der Waals surface area (Å²) >= 11 is 0. The standard InChI is InChI=1S/C19H24N4O5/c1-19(2)12-21-17(28-19)10-20-16(24)11-22-5-6-23(18(22)25)13-3-4-14-15(9-13)27-8-7-26-14/h3-4,9H,5-8,10-12H2,1-2H3,(H,20,24).